The molecule has 0 saturated carbocycles. The van der Waals surface area contributed by atoms with Crippen LogP contribution >= 0.6 is 0 Å². The molecule has 0 N–H and O–H groups in total. The molecule has 0 aliphatic carbocycles. The van der Waals surface area contributed by atoms with Crippen molar-refractivity contribution in [2.45, 2.75) is 12.8 Å². The van der Waals surface area contributed by atoms with Crippen LogP contribution in [0.2, 0.25) is 0 Å². The molecule has 0 bridgehead atoms. The average Bonchev–Trinajstić information content (AvgIpc) is 2.15. The summed E-state index contributed by atoms with van der Waals surface area (Å²) in [4.78, 5) is 0. The third-order valence-electron chi connectivity index (χ3n) is 0.805. The van der Waals surface area contributed by atoms with Crippen molar-refractivity contribution in [1.82, 2.24) is 5.16 Å². The Morgan fingerprint density at radius 1 is 1.78 bits per heavy atom. The van der Waals surface area contributed by atoms with E-state index in [4.69, 9.17) is 0 Å². The Morgan fingerprint density at radius 3 is 3.00 bits per heavy atom. The van der Waals surface area contributed by atoms with Crippen LogP contribution in [0.25, 0.3) is 0 Å². The zero-order valence-electron chi connectivity index (χ0n) is 4.47. The van der Waals surface area contributed by atoms with Gasteiger partial charge in [0.1, 0.15) is 0 Å². The highest BCUT2D eigenvalue weighted by Crippen LogP contribution is 2.02. The molecule has 0 saturated heterocycles. The number of nitrogens with zero attached hydrogens (tertiary/aromatic N) is 1. The fourth-order valence-corrected chi connectivity index (χ4v) is 0.460. The largest absolute Gasteiger partial charge is 0.353 e. The van der Waals surface area contributed by atoms with E-state index in [0.29, 0.717) is 0 Å². The van der Waals surface area contributed by atoms with Crippen molar-refractivity contribution in [3.63, 3.8) is 0 Å². The number of halogens is 2. The minimum absolute atomic E-state index is 0.241. The van der Waals surface area contributed by atoms with Crippen LogP contribution < -0.4 is 0 Å². The summed E-state index contributed by atoms with van der Waals surface area (Å²) in [6, 6.07) is 1.30. The molecule has 9 heavy (non-hydrogen) atoms. The lowest BCUT2D eigenvalue weighted by molar-refractivity contribution is 0.146. The highest BCUT2D eigenvalue weighted by atomic mass is 19.3. The van der Waals surface area contributed by atoms with Crippen LogP contribution in [0.1, 0.15) is 5.69 Å². The molecule has 0 spiro atoms. The molecular weight excluding hydrogens is 128 g/mol. The molecule has 0 aliphatic heterocycles. The first-order valence-electron chi connectivity index (χ1n) is 2.39. The van der Waals surface area contributed by atoms with Gasteiger partial charge >= 0.3 is 0 Å². The van der Waals surface area contributed by atoms with Gasteiger partial charge in [-0.15, -0.1) is 0 Å². The first-order chi connectivity index (χ1) is 4.29. The summed E-state index contributed by atoms with van der Waals surface area (Å²) in [6.45, 7) is 0. The third kappa shape index (κ3) is 1.79. The van der Waals surface area contributed by atoms with Gasteiger partial charge in [0.25, 0.3) is 0 Å². The van der Waals surface area contributed by atoms with Gasteiger partial charge in [-0.25, -0.2) is 8.78 Å². The minimum atomic E-state index is -2.36. The van der Waals surface area contributed by atoms with Crippen LogP contribution in [0, 0.1) is 6.26 Å². The van der Waals surface area contributed by atoms with E-state index in [9.17, 15) is 8.78 Å². The van der Waals surface area contributed by atoms with E-state index in [1.165, 1.54) is 6.07 Å². The lowest BCUT2D eigenvalue weighted by atomic mass is 10.3. The molecule has 1 rings (SSSR count). The smallest absolute Gasteiger partial charge is 0.244 e. The topological polar surface area (TPSA) is 26.0 Å². The lowest BCUT2D eigenvalue weighted by Crippen LogP contribution is -1.95. The van der Waals surface area contributed by atoms with Crippen molar-refractivity contribution >= 4 is 0 Å². The number of alkyl halides is 2. The Bertz CT molecular complexity index is 161. The fourth-order valence-electron chi connectivity index (χ4n) is 0.460. The van der Waals surface area contributed by atoms with Crippen LogP contribution in [0.15, 0.2) is 10.6 Å². The van der Waals surface area contributed by atoms with Crippen molar-refractivity contribution in [3.05, 3.63) is 18.0 Å². The van der Waals surface area contributed by atoms with E-state index in [0.717, 1.165) is 0 Å². The maximum Gasteiger partial charge on any atom is 0.244 e. The van der Waals surface area contributed by atoms with Gasteiger partial charge < -0.3 is 4.52 Å². The quantitative estimate of drug-likeness (QED) is 0.605. The monoisotopic (exact) mass is 132 g/mol. The Kier molecular flexibility index (Phi) is 1.77. The second-order valence-corrected chi connectivity index (χ2v) is 1.53. The van der Waals surface area contributed by atoms with Crippen molar-refractivity contribution in [3.8, 4) is 0 Å². The van der Waals surface area contributed by atoms with E-state index < -0.39 is 6.43 Å². The lowest BCUT2D eigenvalue weighted by Gasteiger charge is -1.89. The van der Waals surface area contributed by atoms with Crippen molar-refractivity contribution in [2.75, 3.05) is 0 Å². The molecular formula is C5H4F2NO. The number of hydrogen-bond donors (Lipinski definition) is 0. The molecule has 0 amide bonds. The first-order valence-corrected chi connectivity index (χ1v) is 2.39. The maximum atomic E-state index is 11.5. The van der Waals surface area contributed by atoms with Crippen LogP contribution in [-0.4, -0.2) is 11.6 Å². The van der Waals surface area contributed by atoms with Gasteiger partial charge in [0, 0.05) is 6.07 Å². The number of hydrogen-bond acceptors (Lipinski definition) is 2. The van der Waals surface area contributed by atoms with Crippen molar-refractivity contribution in [1.29, 1.82) is 0 Å². The SMILES string of the molecule is FC(F)Cc1c[c]on1. The van der Waals surface area contributed by atoms with E-state index in [1.54, 1.807) is 0 Å². The Balaban J connectivity index is 2.48. The molecule has 1 aromatic heterocycles. The molecule has 4 heteroatoms. The Labute approximate surface area is 50.5 Å². The second kappa shape index (κ2) is 2.57. The molecule has 49 valence electrons. The first kappa shape index (κ1) is 6.19. The van der Waals surface area contributed by atoms with E-state index in [1.807, 2.05) is 0 Å². The Morgan fingerprint density at radius 2 is 2.56 bits per heavy atom. The van der Waals surface area contributed by atoms with E-state index in [-0.39, 0.29) is 12.1 Å². The molecule has 0 aromatic carbocycles. The molecule has 2 nitrogen and oxygen atoms in total. The summed E-state index contributed by atoms with van der Waals surface area (Å²) in [7, 11) is 0. The summed E-state index contributed by atoms with van der Waals surface area (Å²) in [5, 5.41) is 3.25. The zero-order valence-corrected chi connectivity index (χ0v) is 4.47. The Hall–Kier alpha value is -0.930. The van der Waals surface area contributed by atoms with Crippen LogP contribution in [0.3, 0.4) is 0 Å². The summed E-state index contributed by atoms with van der Waals surface area (Å²) in [5.41, 5.74) is 0.241. The standard InChI is InChI=1S/C5H4F2NO/c6-5(7)3-4-1-2-9-8-4/h1,5H,3H2. The predicted molar refractivity (Wildman–Crippen MR) is 25.0 cm³/mol. The minimum Gasteiger partial charge on any atom is -0.353 e. The highest BCUT2D eigenvalue weighted by Gasteiger charge is 2.05. The van der Waals surface area contributed by atoms with Gasteiger partial charge in [-0.1, -0.05) is 5.16 Å². The van der Waals surface area contributed by atoms with Crippen molar-refractivity contribution < 1.29 is 13.3 Å². The van der Waals surface area contributed by atoms with Gasteiger partial charge in [-0.3, -0.25) is 0 Å². The molecule has 1 aromatic rings. The third-order valence-corrected chi connectivity index (χ3v) is 0.805. The molecule has 1 heterocycles. The number of aromatic nitrogens is 1. The maximum absolute atomic E-state index is 11.5. The van der Waals surface area contributed by atoms with Crippen LogP contribution in [-0.2, 0) is 6.42 Å². The number of rotatable bonds is 2. The molecule has 0 unspecified atom stereocenters. The van der Waals surface area contributed by atoms with E-state index >= 15 is 0 Å². The summed E-state index contributed by atoms with van der Waals surface area (Å²) < 4.78 is 27.2. The molecule has 0 fully saturated rings. The average molecular weight is 132 g/mol. The van der Waals surface area contributed by atoms with Crippen LogP contribution in [0.5, 0.6) is 0 Å². The molecule has 1 radical (unpaired) electrons. The normalized spacial score (nSPS) is 10.6. The fraction of sp³-hybridized carbons (Fsp3) is 0.400. The van der Waals surface area contributed by atoms with Gasteiger partial charge in [0.2, 0.25) is 12.7 Å². The summed E-state index contributed by atoms with van der Waals surface area (Å²) >= 11 is 0. The van der Waals surface area contributed by atoms with Crippen LogP contribution in [0.4, 0.5) is 8.78 Å². The second-order valence-electron chi connectivity index (χ2n) is 1.53. The van der Waals surface area contributed by atoms with Gasteiger partial charge in [0.15, 0.2) is 0 Å². The van der Waals surface area contributed by atoms with E-state index in [2.05, 4.69) is 15.9 Å². The molecule has 0 aliphatic rings. The van der Waals surface area contributed by atoms with Gasteiger partial charge in [-0.05, 0) is 0 Å². The zero-order chi connectivity index (χ0) is 6.69. The highest BCUT2D eigenvalue weighted by molar-refractivity contribution is 4.94. The summed E-state index contributed by atoms with van der Waals surface area (Å²) in [6.07, 6.45) is -0.496. The summed E-state index contributed by atoms with van der Waals surface area (Å²) in [5.74, 6) is 0. The van der Waals surface area contributed by atoms with Gasteiger partial charge in [-0.2, -0.15) is 0 Å². The van der Waals surface area contributed by atoms with Gasteiger partial charge in [0.05, 0.1) is 12.1 Å². The molecule has 0 atom stereocenters. The van der Waals surface area contributed by atoms with Crippen molar-refractivity contribution in [2.24, 2.45) is 0 Å². The predicted octanol–water partition coefficient (Wildman–Crippen LogP) is 1.28.